The minimum Gasteiger partial charge on any atom is -0.348 e. The first kappa shape index (κ1) is 5.23. The molecule has 0 atom stereocenters. The molecule has 2 nitrogen and oxygen atoms in total. The first-order valence-corrected chi connectivity index (χ1v) is 3.99. The molecule has 0 unspecified atom stereocenters. The fourth-order valence-electron chi connectivity index (χ4n) is 0.880. The van der Waals surface area contributed by atoms with Gasteiger partial charge in [0.1, 0.15) is 0 Å². The van der Waals surface area contributed by atoms with Gasteiger partial charge in [0.05, 0.1) is 0 Å². The summed E-state index contributed by atoms with van der Waals surface area (Å²) in [6, 6.07) is 0. The molecule has 1 saturated heterocycles. The Kier molecular flexibility index (Phi) is 1.16. The largest absolute Gasteiger partial charge is 0.348 e. The molecule has 1 aromatic rings. The van der Waals surface area contributed by atoms with E-state index < -0.39 is 0 Å². The lowest BCUT2D eigenvalue weighted by Crippen LogP contribution is -2.36. The van der Waals surface area contributed by atoms with E-state index in [-0.39, 0.29) is 0 Å². The standard InChI is InChI=1S/C6H8N2S/c1-3-8(4-1)6-7-2-5-9-6/h2,5H,1,3-4H2. The van der Waals surface area contributed by atoms with Gasteiger partial charge in [0.2, 0.25) is 0 Å². The zero-order valence-electron chi connectivity index (χ0n) is 5.08. The van der Waals surface area contributed by atoms with Gasteiger partial charge in [0, 0.05) is 24.7 Å². The van der Waals surface area contributed by atoms with Crippen molar-refractivity contribution in [3.8, 4) is 0 Å². The molecule has 0 aliphatic carbocycles. The van der Waals surface area contributed by atoms with Gasteiger partial charge in [0.15, 0.2) is 5.13 Å². The maximum absolute atomic E-state index is 4.18. The summed E-state index contributed by atoms with van der Waals surface area (Å²) in [6.07, 6.45) is 3.19. The third kappa shape index (κ3) is 0.812. The summed E-state index contributed by atoms with van der Waals surface area (Å²) in [7, 11) is 0. The van der Waals surface area contributed by atoms with E-state index in [1.165, 1.54) is 24.6 Å². The van der Waals surface area contributed by atoms with Gasteiger partial charge in [-0.3, -0.25) is 0 Å². The van der Waals surface area contributed by atoms with Crippen LogP contribution in [0.2, 0.25) is 0 Å². The van der Waals surface area contributed by atoms with E-state index in [1.54, 1.807) is 11.3 Å². The lowest BCUT2D eigenvalue weighted by Gasteiger charge is -2.30. The normalized spacial score (nSPS) is 17.6. The van der Waals surface area contributed by atoms with Crippen molar-refractivity contribution in [1.82, 2.24) is 4.98 Å². The zero-order chi connectivity index (χ0) is 6.10. The summed E-state index contributed by atoms with van der Waals surface area (Å²) in [5.74, 6) is 0. The van der Waals surface area contributed by atoms with Crippen molar-refractivity contribution < 1.29 is 0 Å². The van der Waals surface area contributed by atoms with Crippen molar-refractivity contribution in [3.05, 3.63) is 11.6 Å². The Hall–Kier alpha value is -0.570. The highest BCUT2D eigenvalue weighted by molar-refractivity contribution is 7.13. The molecule has 3 heteroatoms. The van der Waals surface area contributed by atoms with Crippen molar-refractivity contribution in [3.63, 3.8) is 0 Å². The van der Waals surface area contributed by atoms with Gasteiger partial charge in [-0.15, -0.1) is 11.3 Å². The average Bonchev–Trinajstić information content (AvgIpc) is 2.11. The number of hydrogen-bond donors (Lipinski definition) is 0. The van der Waals surface area contributed by atoms with Crippen LogP contribution in [-0.4, -0.2) is 18.1 Å². The average molecular weight is 140 g/mol. The van der Waals surface area contributed by atoms with Crippen LogP contribution in [-0.2, 0) is 0 Å². The summed E-state index contributed by atoms with van der Waals surface area (Å²) < 4.78 is 0. The zero-order valence-corrected chi connectivity index (χ0v) is 5.90. The summed E-state index contributed by atoms with van der Waals surface area (Å²) in [5, 5.41) is 3.20. The summed E-state index contributed by atoms with van der Waals surface area (Å²) in [6.45, 7) is 2.40. The smallest absolute Gasteiger partial charge is 0.185 e. The monoisotopic (exact) mass is 140 g/mol. The van der Waals surface area contributed by atoms with Gasteiger partial charge in [-0.2, -0.15) is 0 Å². The number of aromatic nitrogens is 1. The van der Waals surface area contributed by atoms with E-state index in [0.29, 0.717) is 0 Å². The number of thiazole rings is 1. The Morgan fingerprint density at radius 1 is 1.56 bits per heavy atom. The molecule has 48 valence electrons. The summed E-state index contributed by atoms with van der Waals surface area (Å²) >= 11 is 1.72. The van der Waals surface area contributed by atoms with Crippen molar-refractivity contribution in [2.75, 3.05) is 18.0 Å². The molecule has 0 N–H and O–H groups in total. The number of rotatable bonds is 1. The predicted molar refractivity (Wildman–Crippen MR) is 38.9 cm³/mol. The molecule has 1 aromatic heterocycles. The van der Waals surface area contributed by atoms with Gasteiger partial charge in [-0.25, -0.2) is 4.98 Å². The van der Waals surface area contributed by atoms with E-state index >= 15 is 0 Å². The fraction of sp³-hybridized carbons (Fsp3) is 0.500. The second kappa shape index (κ2) is 1.99. The molecule has 0 radical (unpaired) electrons. The third-order valence-electron chi connectivity index (χ3n) is 1.55. The topological polar surface area (TPSA) is 16.1 Å². The van der Waals surface area contributed by atoms with Crippen LogP contribution in [0, 0.1) is 0 Å². The Labute approximate surface area is 58.1 Å². The van der Waals surface area contributed by atoms with Crippen LogP contribution in [0.5, 0.6) is 0 Å². The maximum Gasteiger partial charge on any atom is 0.185 e. The molecule has 0 bridgehead atoms. The minimum atomic E-state index is 1.18. The van der Waals surface area contributed by atoms with Gasteiger partial charge in [-0.05, 0) is 6.42 Å². The minimum absolute atomic E-state index is 1.18. The summed E-state index contributed by atoms with van der Waals surface area (Å²) in [5.41, 5.74) is 0. The van der Waals surface area contributed by atoms with Crippen LogP contribution in [0.15, 0.2) is 11.6 Å². The number of nitrogens with zero attached hydrogens (tertiary/aromatic N) is 2. The van der Waals surface area contributed by atoms with Gasteiger partial charge < -0.3 is 4.90 Å². The molecule has 0 saturated carbocycles. The van der Waals surface area contributed by atoms with Crippen molar-refractivity contribution in [2.24, 2.45) is 0 Å². The Balaban J connectivity index is 2.14. The van der Waals surface area contributed by atoms with E-state index in [9.17, 15) is 0 Å². The second-order valence-electron chi connectivity index (χ2n) is 2.16. The predicted octanol–water partition coefficient (Wildman–Crippen LogP) is 1.35. The third-order valence-corrected chi connectivity index (χ3v) is 2.38. The molecular weight excluding hydrogens is 132 g/mol. The molecule has 1 fully saturated rings. The molecule has 1 aliphatic rings. The van der Waals surface area contributed by atoms with E-state index in [4.69, 9.17) is 0 Å². The van der Waals surface area contributed by atoms with Crippen LogP contribution in [0.1, 0.15) is 6.42 Å². The first-order valence-electron chi connectivity index (χ1n) is 3.11. The van der Waals surface area contributed by atoms with Crippen LogP contribution in [0.25, 0.3) is 0 Å². The highest BCUT2D eigenvalue weighted by Crippen LogP contribution is 2.21. The van der Waals surface area contributed by atoms with Crippen molar-refractivity contribution in [1.29, 1.82) is 0 Å². The van der Waals surface area contributed by atoms with Gasteiger partial charge in [0.25, 0.3) is 0 Å². The fourth-order valence-corrected chi connectivity index (χ4v) is 1.58. The Morgan fingerprint density at radius 2 is 2.44 bits per heavy atom. The summed E-state index contributed by atoms with van der Waals surface area (Å²) in [4.78, 5) is 6.48. The number of hydrogen-bond acceptors (Lipinski definition) is 3. The van der Waals surface area contributed by atoms with Crippen LogP contribution in [0.3, 0.4) is 0 Å². The molecule has 0 spiro atoms. The lowest BCUT2D eigenvalue weighted by molar-refractivity contribution is 0.616. The van der Waals surface area contributed by atoms with Crippen molar-refractivity contribution in [2.45, 2.75) is 6.42 Å². The second-order valence-corrected chi connectivity index (χ2v) is 3.03. The number of anilines is 1. The lowest BCUT2D eigenvalue weighted by atomic mass is 10.2. The molecule has 2 rings (SSSR count). The highest BCUT2D eigenvalue weighted by Gasteiger charge is 2.15. The van der Waals surface area contributed by atoms with Crippen LogP contribution < -0.4 is 4.90 Å². The van der Waals surface area contributed by atoms with Gasteiger partial charge in [-0.1, -0.05) is 0 Å². The Bertz CT molecular complexity index is 179. The van der Waals surface area contributed by atoms with Crippen LogP contribution in [0.4, 0.5) is 5.13 Å². The first-order chi connectivity index (χ1) is 4.47. The Morgan fingerprint density at radius 3 is 2.89 bits per heavy atom. The maximum atomic E-state index is 4.18. The molecule has 2 heterocycles. The molecule has 1 aliphatic heterocycles. The van der Waals surface area contributed by atoms with E-state index in [1.807, 2.05) is 11.6 Å². The van der Waals surface area contributed by atoms with Crippen LogP contribution >= 0.6 is 11.3 Å². The molecule has 0 amide bonds. The van der Waals surface area contributed by atoms with E-state index in [2.05, 4.69) is 9.88 Å². The van der Waals surface area contributed by atoms with Crippen molar-refractivity contribution >= 4 is 16.5 Å². The highest BCUT2D eigenvalue weighted by atomic mass is 32.1. The van der Waals surface area contributed by atoms with Gasteiger partial charge >= 0.3 is 0 Å². The molecule has 9 heavy (non-hydrogen) atoms. The molecular formula is C6H8N2S. The quantitative estimate of drug-likeness (QED) is 0.585. The molecule has 0 aromatic carbocycles. The SMILES string of the molecule is c1csc(N2CCC2)n1. The van der Waals surface area contributed by atoms with E-state index in [0.717, 1.165) is 0 Å².